The lowest BCUT2D eigenvalue weighted by molar-refractivity contribution is 0.431. The highest BCUT2D eigenvalue weighted by molar-refractivity contribution is 9.10. The van der Waals surface area contributed by atoms with E-state index in [1.165, 1.54) is 17.7 Å². The van der Waals surface area contributed by atoms with Gasteiger partial charge in [-0.3, -0.25) is 4.98 Å². The third-order valence-corrected chi connectivity index (χ3v) is 3.65. The fourth-order valence-electron chi connectivity index (χ4n) is 2.22. The Labute approximate surface area is 113 Å². The summed E-state index contributed by atoms with van der Waals surface area (Å²) in [7, 11) is 0. The van der Waals surface area contributed by atoms with Crippen LogP contribution in [-0.2, 0) is 0 Å². The molecule has 0 saturated heterocycles. The van der Waals surface area contributed by atoms with Gasteiger partial charge in [0, 0.05) is 28.3 Å². The maximum absolute atomic E-state index is 4.57. The Balaban J connectivity index is 2.81. The molecule has 0 radical (unpaired) electrons. The molecule has 0 bridgehead atoms. The maximum atomic E-state index is 4.57. The van der Waals surface area contributed by atoms with Crippen molar-refractivity contribution in [3.05, 3.63) is 28.0 Å². The first-order valence-corrected chi connectivity index (χ1v) is 7.24. The molecule has 96 valence electrons. The van der Waals surface area contributed by atoms with E-state index in [0.29, 0.717) is 12.0 Å². The number of aromatic nitrogens is 1. The van der Waals surface area contributed by atoms with E-state index in [1.807, 2.05) is 6.20 Å². The molecule has 1 N–H and O–H groups in total. The normalized spacial score (nSPS) is 14.6. The van der Waals surface area contributed by atoms with E-state index in [9.17, 15) is 0 Å². The summed E-state index contributed by atoms with van der Waals surface area (Å²) in [6.45, 7) is 9.92. The Morgan fingerprint density at radius 3 is 2.65 bits per heavy atom. The lowest BCUT2D eigenvalue weighted by atomic mass is 9.93. The van der Waals surface area contributed by atoms with E-state index in [4.69, 9.17) is 0 Å². The monoisotopic (exact) mass is 298 g/mol. The van der Waals surface area contributed by atoms with Crippen LogP contribution in [0.5, 0.6) is 0 Å². The zero-order chi connectivity index (χ0) is 12.8. The molecule has 17 heavy (non-hydrogen) atoms. The first kappa shape index (κ1) is 14.7. The van der Waals surface area contributed by atoms with Gasteiger partial charge < -0.3 is 5.32 Å². The Bertz CT molecular complexity index is 352. The van der Waals surface area contributed by atoms with Gasteiger partial charge in [-0.05, 0) is 53.9 Å². The summed E-state index contributed by atoms with van der Waals surface area (Å²) in [6, 6.07) is 2.66. The lowest BCUT2D eigenvalue weighted by Gasteiger charge is -2.24. The summed E-state index contributed by atoms with van der Waals surface area (Å²) in [5.74, 6) is 0.458. The number of rotatable bonds is 6. The van der Waals surface area contributed by atoms with E-state index in [0.717, 1.165) is 17.4 Å². The van der Waals surface area contributed by atoms with Gasteiger partial charge in [-0.15, -0.1) is 0 Å². The molecule has 1 aromatic rings. The van der Waals surface area contributed by atoms with Crippen LogP contribution < -0.4 is 5.32 Å². The first-order valence-electron chi connectivity index (χ1n) is 6.45. The van der Waals surface area contributed by atoms with Crippen molar-refractivity contribution in [1.82, 2.24) is 10.3 Å². The third kappa shape index (κ3) is 4.07. The number of nitrogens with one attached hydrogen (secondary N) is 1. The summed E-state index contributed by atoms with van der Waals surface area (Å²) in [4.78, 5) is 4.57. The highest BCUT2D eigenvalue weighted by Gasteiger charge is 2.19. The Morgan fingerprint density at radius 2 is 2.12 bits per heavy atom. The molecule has 1 rings (SSSR count). The van der Waals surface area contributed by atoms with Crippen molar-refractivity contribution in [2.45, 2.75) is 52.5 Å². The minimum Gasteiger partial charge on any atom is -0.313 e. The highest BCUT2D eigenvalue weighted by Crippen LogP contribution is 2.24. The van der Waals surface area contributed by atoms with Crippen LogP contribution in [0.2, 0.25) is 0 Å². The standard InChI is InChI=1S/C14H23BrN2/c1-5-7-16-13(6-2)11(4)14-10(3)8-12(15)9-17-14/h8-9,11,13,16H,5-7H2,1-4H3. The summed E-state index contributed by atoms with van der Waals surface area (Å²) in [5, 5.41) is 3.61. The summed E-state index contributed by atoms with van der Waals surface area (Å²) in [5.41, 5.74) is 2.48. The van der Waals surface area contributed by atoms with Crippen LogP contribution in [0.3, 0.4) is 0 Å². The van der Waals surface area contributed by atoms with Gasteiger partial charge in [0.15, 0.2) is 0 Å². The molecule has 0 aliphatic carbocycles. The van der Waals surface area contributed by atoms with Crippen molar-refractivity contribution in [1.29, 1.82) is 0 Å². The smallest absolute Gasteiger partial charge is 0.0477 e. The zero-order valence-electron chi connectivity index (χ0n) is 11.3. The van der Waals surface area contributed by atoms with Gasteiger partial charge in [0.1, 0.15) is 0 Å². The summed E-state index contributed by atoms with van der Waals surface area (Å²) < 4.78 is 1.06. The minimum absolute atomic E-state index is 0.458. The SMILES string of the molecule is CCCNC(CC)C(C)c1ncc(Br)cc1C. The number of aryl methyl sites for hydroxylation is 1. The van der Waals surface area contributed by atoms with Gasteiger partial charge in [-0.1, -0.05) is 20.8 Å². The van der Waals surface area contributed by atoms with Crippen LogP contribution >= 0.6 is 15.9 Å². The molecule has 0 aliphatic rings. The quantitative estimate of drug-likeness (QED) is 0.857. The Hall–Kier alpha value is -0.410. The van der Waals surface area contributed by atoms with Gasteiger partial charge in [0.25, 0.3) is 0 Å². The average molecular weight is 299 g/mol. The third-order valence-electron chi connectivity index (χ3n) is 3.22. The zero-order valence-corrected chi connectivity index (χ0v) is 12.8. The molecule has 3 heteroatoms. The van der Waals surface area contributed by atoms with Gasteiger partial charge in [0.05, 0.1) is 0 Å². The van der Waals surface area contributed by atoms with Crippen molar-refractivity contribution in [2.24, 2.45) is 0 Å². The average Bonchev–Trinajstić information content (AvgIpc) is 2.29. The van der Waals surface area contributed by atoms with Gasteiger partial charge >= 0.3 is 0 Å². The van der Waals surface area contributed by atoms with Crippen molar-refractivity contribution >= 4 is 15.9 Å². The molecule has 0 amide bonds. The molecule has 2 nitrogen and oxygen atoms in total. The molecule has 2 unspecified atom stereocenters. The van der Waals surface area contributed by atoms with Crippen molar-refractivity contribution in [3.8, 4) is 0 Å². The molecule has 0 spiro atoms. The highest BCUT2D eigenvalue weighted by atomic mass is 79.9. The van der Waals surface area contributed by atoms with E-state index in [2.05, 4.69) is 60.0 Å². The van der Waals surface area contributed by atoms with Crippen LogP contribution in [0.4, 0.5) is 0 Å². The van der Waals surface area contributed by atoms with Gasteiger partial charge in [0.2, 0.25) is 0 Å². The van der Waals surface area contributed by atoms with Crippen molar-refractivity contribution < 1.29 is 0 Å². The lowest BCUT2D eigenvalue weighted by Crippen LogP contribution is -2.34. The fourth-order valence-corrected chi connectivity index (χ4v) is 2.67. The molecule has 1 aromatic heterocycles. The molecule has 2 atom stereocenters. The van der Waals surface area contributed by atoms with Gasteiger partial charge in [-0.25, -0.2) is 0 Å². The van der Waals surface area contributed by atoms with E-state index < -0.39 is 0 Å². The van der Waals surface area contributed by atoms with Crippen molar-refractivity contribution in [3.63, 3.8) is 0 Å². The molecule has 1 heterocycles. The second-order valence-electron chi connectivity index (χ2n) is 4.61. The molecule has 0 saturated carbocycles. The Kier molecular flexibility index (Phi) is 6.14. The molecular weight excluding hydrogens is 276 g/mol. The predicted molar refractivity (Wildman–Crippen MR) is 77.5 cm³/mol. The van der Waals surface area contributed by atoms with Crippen LogP contribution in [0.1, 0.15) is 50.8 Å². The van der Waals surface area contributed by atoms with Crippen LogP contribution in [0.15, 0.2) is 16.7 Å². The molecule has 0 aromatic carbocycles. The molecular formula is C14H23BrN2. The van der Waals surface area contributed by atoms with E-state index in [1.54, 1.807) is 0 Å². The van der Waals surface area contributed by atoms with Crippen molar-refractivity contribution in [2.75, 3.05) is 6.54 Å². The topological polar surface area (TPSA) is 24.9 Å². The number of nitrogens with zero attached hydrogens (tertiary/aromatic N) is 1. The predicted octanol–water partition coefficient (Wildman–Crippen LogP) is 4.03. The number of hydrogen-bond donors (Lipinski definition) is 1. The summed E-state index contributed by atoms with van der Waals surface area (Å²) in [6.07, 6.45) is 4.21. The largest absolute Gasteiger partial charge is 0.313 e. The first-order chi connectivity index (χ1) is 8.10. The molecule has 0 aliphatic heterocycles. The summed E-state index contributed by atoms with van der Waals surface area (Å²) >= 11 is 3.46. The van der Waals surface area contributed by atoms with Crippen LogP contribution in [0, 0.1) is 6.92 Å². The number of pyridine rings is 1. The maximum Gasteiger partial charge on any atom is 0.0477 e. The second-order valence-corrected chi connectivity index (χ2v) is 5.53. The molecule has 0 fully saturated rings. The fraction of sp³-hybridized carbons (Fsp3) is 0.643. The number of halogens is 1. The second kappa shape index (κ2) is 7.12. The van der Waals surface area contributed by atoms with Crippen LogP contribution in [-0.4, -0.2) is 17.6 Å². The van der Waals surface area contributed by atoms with E-state index >= 15 is 0 Å². The Morgan fingerprint density at radius 1 is 1.41 bits per heavy atom. The number of hydrogen-bond acceptors (Lipinski definition) is 2. The van der Waals surface area contributed by atoms with Crippen LogP contribution in [0.25, 0.3) is 0 Å². The van der Waals surface area contributed by atoms with Gasteiger partial charge in [-0.2, -0.15) is 0 Å². The van der Waals surface area contributed by atoms with E-state index in [-0.39, 0.29) is 0 Å². The minimum atomic E-state index is 0.458.